The molecule has 0 unspecified atom stereocenters. The number of benzene rings is 1. The van der Waals surface area contributed by atoms with Gasteiger partial charge in [0.25, 0.3) is 0 Å². The lowest BCUT2D eigenvalue weighted by atomic mass is 10.2. The number of rotatable bonds is 8. The van der Waals surface area contributed by atoms with Gasteiger partial charge in [0.05, 0.1) is 12.8 Å². The van der Waals surface area contributed by atoms with Gasteiger partial charge in [0.15, 0.2) is 0 Å². The molecule has 2 aromatic rings. The average molecular weight is 328 g/mol. The van der Waals surface area contributed by atoms with Crippen molar-refractivity contribution in [3.63, 3.8) is 0 Å². The van der Waals surface area contributed by atoms with Gasteiger partial charge in [0.2, 0.25) is 11.8 Å². The van der Waals surface area contributed by atoms with E-state index in [9.17, 15) is 9.59 Å². The van der Waals surface area contributed by atoms with Crippen molar-refractivity contribution in [3.05, 3.63) is 60.1 Å². The van der Waals surface area contributed by atoms with Crippen LogP contribution >= 0.6 is 0 Å². The lowest BCUT2D eigenvalue weighted by Crippen LogP contribution is -2.35. The number of carbonyl (C=O) groups is 2. The second kappa shape index (κ2) is 8.91. The molecule has 0 saturated carbocycles. The van der Waals surface area contributed by atoms with Crippen molar-refractivity contribution >= 4 is 11.8 Å². The summed E-state index contributed by atoms with van der Waals surface area (Å²) in [5, 5.41) is 0. The van der Waals surface area contributed by atoms with E-state index in [0.29, 0.717) is 38.4 Å². The first-order chi connectivity index (χ1) is 11.6. The Bertz CT molecular complexity index is 638. The predicted molar refractivity (Wildman–Crippen MR) is 91.9 cm³/mol. The van der Waals surface area contributed by atoms with Gasteiger partial charge in [-0.1, -0.05) is 30.3 Å². The van der Waals surface area contributed by atoms with Crippen LogP contribution in [0.15, 0.2) is 53.1 Å². The lowest BCUT2D eigenvalue weighted by molar-refractivity contribution is -0.134. The van der Waals surface area contributed by atoms with Gasteiger partial charge in [0.1, 0.15) is 5.76 Å². The predicted octanol–water partition coefficient (Wildman–Crippen LogP) is 3.07. The van der Waals surface area contributed by atoms with Crippen LogP contribution in [-0.4, -0.2) is 34.7 Å². The van der Waals surface area contributed by atoms with Gasteiger partial charge in [-0.2, -0.15) is 0 Å². The Morgan fingerprint density at radius 2 is 1.75 bits per heavy atom. The summed E-state index contributed by atoms with van der Waals surface area (Å²) in [6.07, 6.45) is 1.89. The summed E-state index contributed by atoms with van der Waals surface area (Å²) >= 11 is 0. The maximum absolute atomic E-state index is 12.5. The van der Waals surface area contributed by atoms with Crippen molar-refractivity contribution in [1.82, 2.24) is 9.80 Å². The Kier molecular flexibility index (Phi) is 6.61. The largest absolute Gasteiger partial charge is 0.467 e. The number of carbonyl (C=O) groups excluding carboxylic acids is 2. The minimum atomic E-state index is -0.0645. The normalized spacial score (nSPS) is 10.4. The van der Waals surface area contributed by atoms with Crippen molar-refractivity contribution in [2.24, 2.45) is 0 Å². The molecule has 2 amide bonds. The van der Waals surface area contributed by atoms with Crippen LogP contribution in [-0.2, 0) is 22.7 Å². The molecule has 128 valence electrons. The van der Waals surface area contributed by atoms with Crippen LogP contribution in [0.25, 0.3) is 0 Å². The van der Waals surface area contributed by atoms with Gasteiger partial charge in [-0.3, -0.25) is 9.59 Å². The van der Waals surface area contributed by atoms with Crippen molar-refractivity contribution in [2.45, 2.75) is 33.4 Å². The van der Waals surface area contributed by atoms with Gasteiger partial charge < -0.3 is 14.2 Å². The summed E-state index contributed by atoms with van der Waals surface area (Å²) in [5.74, 6) is 0.701. The second-order valence-corrected chi connectivity index (χ2v) is 5.66. The maximum atomic E-state index is 12.5. The van der Waals surface area contributed by atoms with Crippen molar-refractivity contribution in [2.75, 3.05) is 13.1 Å². The first-order valence-corrected chi connectivity index (χ1v) is 8.19. The molecule has 0 aliphatic heterocycles. The first-order valence-electron chi connectivity index (χ1n) is 8.19. The molecule has 0 atom stereocenters. The number of nitrogens with zero attached hydrogens (tertiary/aromatic N) is 2. The van der Waals surface area contributed by atoms with Crippen LogP contribution in [0.1, 0.15) is 31.6 Å². The standard InChI is InChI=1S/C19H24N2O3/c1-3-20(14-17-8-5-4-6-9-17)19(23)11-12-21(16(2)22)15-18-10-7-13-24-18/h4-10,13H,3,11-12,14-15H2,1-2H3. The van der Waals surface area contributed by atoms with Gasteiger partial charge in [-0.05, 0) is 24.6 Å². The summed E-state index contributed by atoms with van der Waals surface area (Å²) in [4.78, 5) is 27.7. The molecule has 0 aliphatic carbocycles. The topological polar surface area (TPSA) is 53.8 Å². The zero-order chi connectivity index (χ0) is 17.4. The maximum Gasteiger partial charge on any atom is 0.224 e. The number of hydrogen-bond acceptors (Lipinski definition) is 3. The Balaban J connectivity index is 1.89. The molecule has 0 bridgehead atoms. The molecule has 0 aliphatic rings. The van der Waals surface area contributed by atoms with Gasteiger partial charge >= 0.3 is 0 Å². The third-order valence-electron chi connectivity index (χ3n) is 3.92. The molecule has 24 heavy (non-hydrogen) atoms. The van der Waals surface area contributed by atoms with Gasteiger partial charge in [0, 0.05) is 33.0 Å². The molecule has 1 aromatic carbocycles. The summed E-state index contributed by atoms with van der Waals surface area (Å²) in [5.41, 5.74) is 1.10. The van der Waals surface area contributed by atoms with Crippen LogP contribution in [0.4, 0.5) is 0 Å². The second-order valence-electron chi connectivity index (χ2n) is 5.66. The molecule has 1 aromatic heterocycles. The molecule has 5 nitrogen and oxygen atoms in total. The lowest BCUT2D eigenvalue weighted by Gasteiger charge is -2.24. The number of amides is 2. The zero-order valence-corrected chi connectivity index (χ0v) is 14.3. The SMILES string of the molecule is CCN(Cc1ccccc1)C(=O)CCN(Cc1ccco1)C(C)=O. The third-order valence-corrected chi connectivity index (χ3v) is 3.92. The van der Waals surface area contributed by atoms with E-state index in [1.54, 1.807) is 22.1 Å². The molecule has 2 rings (SSSR count). The van der Waals surface area contributed by atoms with Crippen LogP contribution < -0.4 is 0 Å². The highest BCUT2D eigenvalue weighted by atomic mass is 16.3. The van der Waals surface area contributed by atoms with E-state index in [4.69, 9.17) is 4.42 Å². The summed E-state index contributed by atoms with van der Waals surface area (Å²) in [6.45, 7) is 5.49. The molecular weight excluding hydrogens is 304 g/mol. The van der Waals surface area contributed by atoms with Gasteiger partial charge in [-0.15, -0.1) is 0 Å². The minimum Gasteiger partial charge on any atom is -0.467 e. The molecule has 0 N–H and O–H groups in total. The summed E-state index contributed by atoms with van der Waals surface area (Å²) in [7, 11) is 0. The molecule has 0 saturated heterocycles. The fourth-order valence-electron chi connectivity index (χ4n) is 2.51. The van der Waals surface area contributed by atoms with E-state index >= 15 is 0 Å². The van der Waals surface area contributed by atoms with E-state index in [1.165, 1.54) is 6.92 Å². The third kappa shape index (κ3) is 5.26. The van der Waals surface area contributed by atoms with E-state index in [1.807, 2.05) is 43.3 Å². The highest BCUT2D eigenvalue weighted by molar-refractivity contribution is 5.78. The van der Waals surface area contributed by atoms with Crippen molar-refractivity contribution in [3.8, 4) is 0 Å². The number of hydrogen-bond donors (Lipinski definition) is 0. The van der Waals surface area contributed by atoms with Crippen LogP contribution in [0.3, 0.4) is 0 Å². The van der Waals surface area contributed by atoms with E-state index in [-0.39, 0.29) is 11.8 Å². The highest BCUT2D eigenvalue weighted by Gasteiger charge is 2.16. The molecule has 0 spiro atoms. The monoisotopic (exact) mass is 328 g/mol. The Morgan fingerprint density at radius 1 is 1.00 bits per heavy atom. The van der Waals surface area contributed by atoms with E-state index in [2.05, 4.69) is 0 Å². The van der Waals surface area contributed by atoms with Crippen LogP contribution in [0.5, 0.6) is 0 Å². The molecule has 0 fully saturated rings. The summed E-state index contributed by atoms with van der Waals surface area (Å²) < 4.78 is 5.28. The first kappa shape index (κ1) is 17.8. The Hall–Kier alpha value is -2.56. The summed E-state index contributed by atoms with van der Waals surface area (Å²) in [6, 6.07) is 13.5. The van der Waals surface area contributed by atoms with Crippen LogP contribution in [0.2, 0.25) is 0 Å². The average Bonchev–Trinajstić information content (AvgIpc) is 3.10. The highest BCUT2D eigenvalue weighted by Crippen LogP contribution is 2.09. The van der Waals surface area contributed by atoms with Crippen LogP contribution in [0, 0.1) is 0 Å². The minimum absolute atomic E-state index is 0.0482. The quantitative estimate of drug-likeness (QED) is 0.748. The molecule has 0 radical (unpaired) electrons. The van der Waals surface area contributed by atoms with E-state index < -0.39 is 0 Å². The molecule has 1 heterocycles. The fourth-order valence-corrected chi connectivity index (χ4v) is 2.51. The fraction of sp³-hybridized carbons (Fsp3) is 0.368. The Morgan fingerprint density at radius 3 is 2.33 bits per heavy atom. The van der Waals surface area contributed by atoms with Crippen molar-refractivity contribution < 1.29 is 14.0 Å². The van der Waals surface area contributed by atoms with Crippen molar-refractivity contribution in [1.29, 1.82) is 0 Å². The molecular formula is C19H24N2O3. The smallest absolute Gasteiger partial charge is 0.224 e. The molecule has 5 heteroatoms. The number of furan rings is 1. The Labute approximate surface area is 142 Å². The van der Waals surface area contributed by atoms with Gasteiger partial charge in [-0.25, -0.2) is 0 Å². The van der Waals surface area contributed by atoms with E-state index in [0.717, 1.165) is 5.56 Å². The zero-order valence-electron chi connectivity index (χ0n) is 14.3.